The Balaban J connectivity index is 3.94. The fraction of sp³-hybridized carbons (Fsp3) is 0.896. The topological polar surface area (TPSA) is 78.9 Å². The maximum absolute atomic E-state index is 12.8. The highest BCUT2D eigenvalue weighted by Gasteiger charge is 2.19. The summed E-state index contributed by atoms with van der Waals surface area (Å²) in [5.41, 5.74) is 0. The number of rotatable bonds is 61. The summed E-state index contributed by atoms with van der Waals surface area (Å²) in [7, 11) is 0. The first-order chi connectivity index (χ1) is 36.0. The van der Waals surface area contributed by atoms with Crippen molar-refractivity contribution in [3.8, 4) is 0 Å². The number of carbonyl (C=O) groups excluding carboxylic acids is 3. The first-order valence-electron chi connectivity index (χ1n) is 32.8. The van der Waals surface area contributed by atoms with Crippen LogP contribution in [0.25, 0.3) is 0 Å². The second-order valence-electron chi connectivity index (χ2n) is 22.4. The van der Waals surface area contributed by atoms with Crippen molar-refractivity contribution in [2.24, 2.45) is 0 Å². The summed E-state index contributed by atoms with van der Waals surface area (Å²) in [6, 6.07) is 0. The molecule has 0 aromatic carbocycles. The molecule has 0 aliphatic carbocycles. The third-order valence-electron chi connectivity index (χ3n) is 15.0. The molecule has 1 unspecified atom stereocenters. The first-order valence-corrected chi connectivity index (χ1v) is 32.8. The van der Waals surface area contributed by atoms with Crippen LogP contribution < -0.4 is 0 Å². The van der Waals surface area contributed by atoms with Gasteiger partial charge in [0.05, 0.1) is 0 Å². The van der Waals surface area contributed by atoms with Crippen LogP contribution in [0.3, 0.4) is 0 Å². The van der Waals surface area contributed by atoms with Gasteiger partial charge in [0, 0.05) is 19.3 Å². The fourth-order valence-corrected chi connectivity index (χ4v) is 10.0. The molecule has 0 aliphatic heterocycles. The molecule has 0 amide bonds. The van der Waals surface area contributed by atoms with E-state index in [0.29, 0.717) is 19.3 Å². The minimum atomic E-state index is -0.767. The molecule has 0 aromatic heterocycles. The van der Waals surface area contributed by atoms with Gasteiger partial charge in [-0.1, -0.05) is 321 Å². The van der Waals surface area contributed by atoms with Gasteiger partial charge in [0.25, 0.3) is 0 Å². The van der Waals surface area contributed by atoms with E-state index in [1.807, 2.05) is 0 Å². The second-order valence-corrected chi connectivity index (χ2v) is 22.4. The zero-order valence-electron chi connectivity index (χ0n) is 49.4. The molecule has 0 saturated carbocycles. The van der Waals surface area contributed by atoms with Crippen LogP contribution in [0.5, 0.6) is 0 Å². The molecule has 0 aromatic rings. The van der Waals surface area contributed by atoms with Gasteiger partial charge in [-0.15, -0.1) is 0 Å². The van der Waals surface area contributed by atoms with Crippen molar-refractivity contribution < 1.29 is 28.6 Å². The normalized spacial score (nSPS) is 12.1. The predicted molar refractivity (Wildman–Crippen MR) is 316 cm³/mol. The largest absolute Gasteiger partial charge is 0.462 e. The van der Waals surface area contributed by atoms with Crippen molar-refractivity contribution in [1.82, 2.24) is 0 Å². The summed E-state index contributed by atoms with van der Waals surface area (Å²) in [5, 5.41) is 0. The van der Waals surface area contributed by atoms with Crippen molar-refractivity contribution in [3.05, 3.63) is 24.3 Å². The summed E-state index contributed by atoms with van der Waals surface area (Å²) >= 11 is 0. The van der Waals surface area contributed by atoms with E-state index in [1.54, 1.807) is 0 Å². The van der Waals surface area contributed by atoms with Gasteiger partial charge >= 0.3 is 17.9 Å². The van der Waals surface area contributed by atoms with E-state index in [1.165, 1.54) is 257 Å². The molecule has 0 fully saturated rings. The minimum absolute atomic E-state index is 0.0686. The Labute approximate surface area is 455 Å². The predicted octanol–water partition coefficient (Wildman–Crippen LogP) is 22.2. The molecule has 430 valence electrons. The standard InChI is InChI=1S/C67H126O6/c1-4-7-10-13-15-17-19-21-23-25-27-29-30-31-32-33-34-35-36-38-39-41-43-45-47-49-51-54-57-60-66(69)72-63-64(62-71-65(68)59-56-53-12-9-6-3)73-67(70)61-58-55-52-50-48-46-44-42-40-37-28-26-24-22-20-18-16-14-11-8-5-2/h20,22,26,28,64H,4-19,21,23-25,27,29-63H2,1-3H3/b22-20-,28-26-. The van der Waals surface area contributed by atoms with Gasteiger partial charge in [-0.3, -0.25) is 14.4 Å². The van der Waals surface area contributed by atoms with E-state index >= 15 is 0 Å². The average molecular weight is 1030 g/mol. The van der Waals surface area contributed by atoms with E-state index in [-0.39, 0.29) is 31.1 Å². The van der Waals surface area contributed by atoms with Crippen LogP contribution in [-0.4, -0.2) is 37.2 Å². The molecule has 1 atom stereocenters. The second kappa shape index (κ2) is 62.4. The third kappa shape index (κ3) is 60.6. The highest BCUT2D eigenvalue weighted by Crippen LogP contribution is 2.18. The van der Waals surface area contributed by atoms with Gasteiger partial charge in [0.1, 0.15) is 13.2 Å². The van der Waals surface area contributed by atoms with Gasteiger partial charge in [0.15, 0.2) is 6.10 Å². The Morgan fingerprint density at radius 3 is 0.753 bits per heavy atom. The monoisotopic (exact) mass is 1030 g/mol. The molecule has 0 aliphatic rings. The number of hydrogen-bond acceptors (Lipinski definition) is 6. The zero-order chi connectivity index (χ0) is 52.9. The molecule has 6 heteroatoms. The molecular weight excluding hydrogens is 901 g/mol. The van der Waals surface area contributed by atoms with Crippen molar-refractivity contribution in [2.75, 3.05) is 13.2 Å². The van der Waals surface area contributed by atoms with E-state index < -0.39 is 6.10 Å². The van der Waals surface area contributed by atoms with Crippen LogP contribution in [-0.2, 0) is 28.6 Å². The first kappa shape index (κ1) is 70.9. The number of hydrogen-bond donors (Lipinski definition) is 0. The lowest BCUT2D eigenvalue weighted by atomic mass is 10.0. The van der Waals surface area contributed by atoms with Crippen LogP contribution in [0.1, 0.15) is 367 Å². The lowest BCUT2D eigenvalue weighted by molar-refractivity contribution is -0.167. The summed E-state index contributed by atoms with van der Waals surface area (Å²) in [6.45, 7) is 6.61. The highest BCUT2D eigenvalue weighted by molar-refractivity contribution is 5.71. The third-order valence-corrected chi connectivity index (χ3v) is 15.0. The molecule has 0 saturated heterocycles. The van der Waals surface area contributed by atoms with Crippen molar-refractivity contribution in [1.29, 1.82) is 0 Å². The molecule has 0 radical (unpaired) electrons. The van der Waals surface area contributed by atoms with E-state index in [2.05, 4.69) is 45.1 Å². The highest BCUT2D eigenvalue weighted by atomic mass is 16.6. The van der Waals surface area contributed by atoms with E-state index in [4.69, 9.17) is 14.2 Å². The number of carbonyl (C=O) groups is 3. The maximum atomic E-state index is 12.8. The Kier molecular flexibility index (Phi) is 60.6. The molecule has 73 heavy (non-hydrogen) atoms. The SMILES string of the molecule is CCCCCCC/C=C\C/C=C\CCCCCCCCCCCC(=O)OC(COC(=O)CCCCCCC)COC(=O)CCCCCCCCCCCCCCCCCCCCCCCCCCCCCCC. The smallest absolute Gasteiger partial charge is 0.306 e. The van der Waals surface area contributed by atoms with Crippen LogP contribution in [0, 0.1) is 0 Å². The van der Waals surface area contributed by atoms with Gasteiger partial charge in [-0.05, 0) is 51.4 Å². The summed E-state index contributed by atoms with van der Waals surface area (Å²) in [6.07, 6.45) is 75.4. The Hall–Kier alpha value is -2.11. The number of unbranched alkanes of at least 4 members (excludes halogenated alkanes) is 46. The molecule has 0 N–H and O–H groups in total. The van der Waals surface area contributed by atoms with E-state index in [9.17, 15) is 14.4 Å². The van der Waals surface area contributed by atoms with Gasteiger partial charge in [-0.25, -0.2) is 0 Å². The fourth-order valence-electron chi connectivity index (χ4n) is 10.0. The number of ether oxygens (including phenoxy) is 3. The Morgan fingerprint density at radius 2 is 0.493 bits per heavy atom. The van der Waals surface area contributed by atoms with Crippen LogP contribution >= 0.6 is 0 Å². The summed E-state index contributed by atoms with van der Waals surface area (Å²) in [5.74, 6) is -0.864. The quantitative estimate of drug-likeness (QED) is 0.0261. The lowest BCUT2D eigenvalue weighted by Crippen LogP contribution is -2.30. The number of esters is 3. The number of allylic oxidation sites excluding steroid dienone is 4. The van der Waals surface area contributed by atoms with Crippen LogP contribution in [0.4, 0.5) is 0 Å². The summed E-state index contributed by atoms with van der Waals surface area (Å²) < 4.78 is 16.8. The van der Waals surface area contributed by atoms with Crippen LogP contribution in [0.2, 0.25) is 0 Å². The van der Waals surface area contributed by atoms with E-state index in [0.717, 1.165) is 70.6 Å². The molecule has 0 spiro atoms. The molecule has 0 bridgehead atoms. The molecule has 0 rings (SSSR count). The maximum Gasteiger partial charge on any atom is 0.306 e. The lowest BCUT2D eigenvalue weighted by Gasteiger charge is -2.18. The molecule has 6 nitrogen and oxygen atoms in total. The summed E-state index contributed by atoms with van der Waals surface area (Å²) in [4.78, 5) is 37.9. The average Bonchev–Trinajstić information content (AvgIpc) is 3.39. The Bertz CT molecular complexity index is 1180. The van der Waals surface area contributed by atoms with Gasteiger partial charge < -0.3 is 14.2 Å². The molecular formula is C67H126O6. The van der Waals surface area contributed by atoms with Crippen molar-refractivity contribution in [3.63, 3.8) is 0 Å². The van der Waals surface area contributed by atoms with Crippen LogP contribution in [0.15, 0.2) is 24.3 Å². The Morgan fingerprint density at radius 1 is 0.274 bits per heavy atom. The minimum Gasteiger partial charge on any atom is -0.462 e. The van der Waals surface area contributed by atoms with Gasteiger partial charge in [-0.2, -0.15) is 0 Å². The van der Waals surface area contributed by atoms with Gasteiger partial charge in [0.2, 0.25) is 0 Å². The zero-order valence-corrected chi connectivity index (χ0v) is 49.4. The van der Waals surface area contributed by atoms with Crippen molar-refractivity contribution >= 4 is 17.9 Å². The molecule has 0 heterocycles. The van der Waals surface area contributed by atoms with Crippen molar-refractivity contribution in [2.45, 2.75) is 374 Å².